The van der Waals surface area contributed by atoms with Crippen molar-refractivity contribution in [2.75, 3.05) is 6.61 Å². The third kappa shape index (κ3) is 5.65. The van der Waals surface area contributed by atoms with Gasteiger partial charge in [0.1, 0.15) is 18.3 Å². The maximum absolute atomic E-state index is 12.1. The molecule has 0 aliphatic heterocycles. The summed E-state index contributed by atoms with van der Waals surface area (Å²) in [6.07, 6.45) is 11.4. The van der Waals surface area contributed by atoms with Crippen molar-refractivity contribution >= 4 is 5.97 Å². The molecule has 124 valence electrons. The van der Waals surface area contributed by atoms with Crippen LogP contribution in [0.3, 0.4) is 0 Å². The van der Waals surface area contributed by atoms with Gasteiger partial charge in [0.2, 0.25) is 0 Å². The fourth-order valence-electron chi connectivity index (χ4n) is 3.48. The minimum absolute atomic E-state index is 0.0233. The second-order valence-electron chi connectivity index (χ2n) is 7.13. The molecule has 2 aliphatic rings. The highest BCUT2D eigenvalue weighted by molar-refractivity contribution is 5.71. The lowest BCUT2D eigenvalue weighted by Gasteiger charge is -2.36. The van der Waals surface area contributed by atoms with Crippen LogP contribution in [0, 0.1) is 17.8 Å². The van der Waals surface area contributed by atoms with Gasteiger partial charge in [-0.25, -0.2) is 4.79 Å². The van der Waals surface area contributed by atoms with E-state index in [2.05, 4.69) is 11.8 Å². The van der Waals surface area contributed by atoms with Crippen LogP contribution in [-0.2, 0) is 14.3 Å². The normalized spacial score (nSPS) is 23.8. The molecular formula is C19H30O3. The summed E-state index contributed by atoms with van der Waals surface area (Å²) in [6, 6.07) is 0. The van der Waals surface area contributed by atoms with Crippen LogP contribution < -0.4 is 0 Å². The van der Waals surface area contributed by atoms with Gasteiger partial charge in [-0.1, -0.05) is 31.6 Å². The van der Waals surface area contributed by atoms with E-state index in [1.165, 1.54) is 32.1 Å². The summed E-state index contributed by atoms with van der Waals surface area (Å²) in [4.78, 5) is 12.1. The predicted octanol–water partition coefficient (Wildman–Crippen LogP) is 4.24. The highest BCUT2D eigenvalue weighted by atomic mass is 16.6. The molecule has 2 aliphatic carbocycles. The Bertz CT molecular complexity index is 410. The summed E-state index contributed by atoms with van der Waals surface area (Å²) >= 11 is 0. The van der Waals surface area contributed by atoms with Crippen LogP contribution in [-0.4, -0.2) is 24.3 Å². The predicted molar refractivity (Wildman–Crippen MR) is 87.3 cm³/mol. The first-order valence-electron chi connectivity index (χ1n) is 8.90. The van der Waals surface area contributed by atoms with Crippen molar-refractivity contribution < 1.29 is 14.3 Å². The smallest absolute Gasteiger partial charge is 0.332 e. The van der Waals surface area contributed by atoms with Crippen LogP contribution >= 0.6 is 0 Å². The molecule has 1 fully saturated rings. The molecule has 2 rings (SSSR count). The topological polar surface area (TPSA) is 35.5 Å². The molecule has 0 saturated heterocycles. The second-order valence-corrected chi connectivity index (χ2v) is 7.13. The first-order valence-corrected chi connectivity index (χ1v) is 8.90. The van der Waals surface area contributed by atoms with Crippen molar-refractivity contribution in [3.05, 3.63) is 0 Å². The molecule has 1 saturated carbocycles. The Morgan fingerprint density at radius 3 is 2.50 bits per heavy atom. The molecule has 0 spiro atoms. The summed E-state index contributed by atoms with van der Waals surface area (Å²) in [5.74, 6) is 6.48. The fourth-order valence-corrected chi connectivity index (χ4v) is 3.48. The van der Waals surface area contributed by atoms with Gasteiger partial charge in [0.05, 0.1) is 0 Å². The van der Waals surface area contributed by atoms with Gasteiger partial charge >= 0.3 is 5.97 Å². The van der Waals surface area contributed by atoms with Crippen LogP contribution in [0.5, 0.6) is 0 Å². The van der Waals surface area contributed by atoms with Crippen molar-refractivity contribution in [3.8, 4) is 11.8 Å². The number of ether oxygens (including phenoxy) is 2. The molecule has 3 heteroatoms. The van der Waals surface area contributed by atoms with Crippen molar-refractivity contribution in [1.29, 1.82) is 0 Å². The first-order chi connectivity index (χ1) is 10.6. The van der Waals surface area contributed by atoms with E-state index < -0.39 is 0 Å². The molecule has 0 aromatic heterocycles. The van der Waals surface area contributed by atoms with Crippen LogP contribution in [0.4, 0.5) is 0 Å². The first kappa shape index (κ1) is 17.3. The zero-order valence-corrected chi connectivity index (χ0v) is 14.2. The van der Waals surface area contributed by atoms with E-state index in [0.717, 1.165) is 32.1 Å². The number of esters is 1. The summed E-state index contributed by atoms with van der Waals surface area (Å²) in [7, 11) is 0. The Morgan fingerprint density at radius 1 is 1.05 bits per heavy atom. The van der Waals surface area contributed by atoms with Gasteiger partial charge in [-0.3, -0.25) is 0 Å². The molecule has 0 aromatic rings. The largest absolute Gasteiger partial charge is 0.458 e. The average molecular weight is 306 g/mol. The van der Waals surface area contributed by atoms with Crippen molar-refractivity contribution in [2.45, 2.75) is 89.8 Å². The Kier molecular flexibility index (Phi) is 6.76. The lowest BCUT2D eigenvalue weighted by atomic mass is 9.79. The quantitative estimate of drug-likeness (QED) is 0.563. The van der Waals surface area contributed by atoms with E-state index >= 15 is 0 Å². The van der Waals surface area contributed by atoms with Crippen molar-refractivity contribution in [2.24, 2.45) is 5.92 Å². The molecule has 0 N–H and O–H groups in total. The number of rotatable bonds is 5. The van der Waals surface area contributed by atoms with E-state index in [1.807, 2.05) is 13.8 Å². The zero-order valence-electron chi connectivity index (χ0n) is 14.2. The SMILES string of the molecule is CC(C)(OC(=O)COC1C#CCCCCC1)C1CCCCC1. The summed E-state index contributed by atoms with van der Waals surface area (Å²) < 4.78 is 11.4. The van der Waals surface area contributed by atoms with Gasteiger partial charge in [-0.05, 0) is 51.9 Å². The summed E-state index contributed by atoms with van der Waals surface area (Å²) in [6.45, 7) is 4.10. The zero-order chi connectivity index (χ0) is 15.8. The lowest BCUT2D eigenvalue weighted by molar-refractivity contribution is -0.169. The van der Waals surface area contributed by atoms with Crippen molar-refractivity contribution in [3.63, 3.8) is 0 Å². The fraction of sp³-hybridized carbons (Fsp3) is 0.842. The van der Waals surface area contributed by atoms with Crippen LogP contribution in [0.2, 0.25) is 0 Å². The lowest BCUT2D eigenvalue weighted by Crippen LogP contribution is -2.39. The molecule has 0 radical (unpaired) electrons. The van der Waals surface area contributed by atoms with E-state index in [-0.39, 0.29) is 24.3 Å². The highest BCUT2D eigenvalue weighted by Crippen LogP contribution is 2.34. The number of carbonyl (C=O) groups is 1. The minimum Gasteiger partial charge on any atom is -0.458 e. The minimum atomic E-state index is -0.381. The van der Waals surface area contributed by atoms with Crippen LogP contribution in [0.15, 0.2) is 0 Å². The average Bonchev–Trinajstić information content (AvgIpc) is 2.46. The standard InChI is InChI=1S/C19H30O3/c1-19(2,16-11-7-6-8-12-16)22-18(20)15-21-17-13-9-4-3-5-10-14-17/h16-17H,3-9,11-13,15H2,1-2H3. The molecule has 22 heavy (non-hydrogen) atoms. The molecule has 0 heterocycles. The Labute approximate surface area is 135 Å². The molecule has 0 bridgehead atoms. The maximum atomic E-state index is 12.1. The third-order valence-corrected chi connectivity index (χ3v) is 4.90. The van der Waals surface area contributed by atoms with Gasteiger partial charge in [-0.15, -0.1) is 5.92 Å². The van der Waals surface area contributed by atoms with E-state index in [9.17, 15) is 4.79 Å². The summed E-state index contributed by atoms with van der Waals surface area (Å²) in [5.41, 5.74) is -0.381. The molecular weight excluding hydrogens is 276 g/mol. The Hall–Kier alpha value is -1.01. The highest BCUT2D eigenvalue weighted by Gasteiger charge is 2.34. The summed E-state index contributed by atoms with van der Waals surface area (Å²) in [5, 5.41) is 0. The number of carbonyl (C=O) groups excluding carboxylic acids is 1. The van der Waals surface area contributed by atoms with Gasteiger partial charge in [0, 0.05) is 6.42 Å². The van der Waals surface area contributed by atoms with E-state index in [4.69, 9.17) is 9.47 Å². The van der Waals surface area contributed by atoms with Crippen LogP contribution in [0.1, 0.15) is 78.1 Å². The Morgan fingerprint density at radius 2 is 1.73 bits per heavy atom. The third-order valence-electron chi connectivity index (χ3n) is 4.90. The molecule has 0 amide bonds. The van der Waals surface area contributed by atoms with Crippen LogP contribution in [0.25, 0.3) is 0 Å². The number of hydrogen-bond donors (Lipinski definition) is 0. The Balaban J connectivity index is 1.76. The van der Waals surface area contributed by atoms with Crippen molar-refractivity contribution in [1.82, 2.24) is 0 Å². The number of hydrogen-bond acceptors (Lipinski definition) is 3. The van der Waals surface area contributed by atoms with Gasteiger partial charge in [0.25, 0.3) is 0 Å². The van der Waals surface area contributed by atoms with E-state index in [0.29, 0.717) is 5.92 Å². The molecule has 0 aromatic carbocycles. The van der Waals surface area contributed by atoms with Gasteiger partial charge in [0.15, 0.2) is 0 Å². The molecule has 1 atom stereocenters. The molecule has 3 nitrogen and oxygen atoms in total. The van der Waals surface area contributed by atoms with Gasteiger partial charge < -0.3 is 9.47 Å². The monoisotopic (exact) mass is 306 g/mol. The second kappa shape index (κ2) is 8.58. The van der Waals surface area contributed by atoms with Gasteiger partial charge in [-0.2, -0.15) is 0 Å². The molecule has 1 unspecified atom stereocenters. The maximum Gasteiger partial charge on any atom is 0.332 e. The van der Waals surface area contributed by atoms with E-state index in [1.54, 1.807) is 0 Å².